The van der Waals surface area contributed by atoms with Gasteiger partial charge in [-0.3, -0.25) is 0 Å². The molecule has 11 heavy (non-hydrogen) atoms. The Hall–Kier alpha value is -0.240. The van der Waals surface area contributed by atoms with Crippen molar-refractivity contribution in [2.45, 2.75) is 46.0 Å². The quantitative estimate of drug-likeness (QED) is 0.492. The van der Waals surface area contributed by atoms with Crippen LogP contribution in [0, 0.1) is 0 Å². The van der Waals surface area contributed by atoms with E-state index in [9.17, 15) is 0 Å². The van der Waals surface area contributed by atoms with Crippen LogP contribution in [0.25, 0.3) is 0 Å². The number of hydrogen-bond acceptors (Lipinski definition) is 2. The Labute approximate surface area is 73.6 Å². The molecule has 0 aromatic rings. The van der Waals surface area contributed by atoms with Crippen LogP contribution in [0.4, 0.5) is 4.79 Å². The summed E-state index contributed by atoms with van der Waals surface area (Å²) in [5, 5.41) is 8.65. The van der Waals surface area contributed by atoms with Crippen molar-refractivity contribution in [1.82, 2.24) is 0 Å². The van der Waals surface area contributed by atoms with E-state index in [0.29, 0.717) is 0 Å². The molecule has 0 aliphatic carbocycles. The van der Waals surface area contributed by atoms with Gasteiger partial charge in [0.2, 0.25) is 0 Å². The summed E-state index contributed by atoms with van der Waals surface area (Å²) in [5.74, 6) is 0. The fraction of sp³-hybridized carbons (Fsp3) is 0.875. The Kier molecular flexibility index (Phi) is 15.1. The molecular formula is C8H16ClO2-. The number of unbranched alkanes of at least 4 members (excludes halogenated alkanes) is 4. The molecule has 0 atom stereocenters. The highest BCUT2D eigenvalue weighted by atomic mass is 35.5. The van der Waals surface area contributed by atoms with Crippen molar-refractivity contribution in [3.05, 3.63) is 0 Å². The maximum atomic E-state index is 8.65. The summed E-state index contributed by atoms with van der Waals surface area (Å²) in [4.78, 5) is 8.65. The molecule has 0 saturated carbocycles. The van der Waals surface area contributed by atoms with Crippen molar-refractivity contribution < 1.29 is 9.90 Å². The number of carbonyl (C=O) groups is 1. The van der Waals surface area contributed by atoms with Gasteiger partial charge in [0, 0.05) is 0 Å². The third kappa shape index (κ3) is 41.6. The van der Waals surface area contributed by atoms with Crippen molar-refractivity contribution in [2.24, 2.45) is 0 Å². The Bertz CT molecular complexity index is 76.2. The van der Waals surface area contributed by atoms with Gasteiger partial charge in [0.25, 0.3) is 0 Å². The summed E-state index contributed by atoms with van der Waals surface area (Å²) >= 11 is 4.08. The average Bonchev–Trinajstić information content (AvgIpc) is 1.88. The topological polar surface area (TPSA) is 40.1 Å². The van der Waals surface area contributed by atoms with Crippen LogP contribution in [0.1, 0.15) is 46.0 Å². The fourth-order valence-corrected chi connectivity index (χ4v) is 0.677. The molecule has 0 bridgehead atoms. The molecule has 2 nitrogen and oxygen atoms in total. The highest BCUT2D eigenvalue weighted by molar-refractivity contribution is 6.59. The van der Waals surface area contributed by atoms with E-state index >= 15 is 0 Å². The lowest BCUT2D eigenvalue weighted by Crippen LogP contribution is -2.11. The average molecular weight is 180 g/mol. The summed E-state index contributed by atoms with van der Waals surface area (Å²) in [7, 11) is 0. The zero-order chi connectivity index (χ0) is 9.11. The van der Waals surface area contributed by atoms with Gasteiger partial charge in [0.05, 0.1) is 0 Å². The third-order valence-electron chi connectivity index (χ3n) is 1.21. The minimum absolute atomic E-state index is 1.36. The monoisotopic (exact) mass is 179 g/mol. The number of carboxylic acid groups (broad SMARTS) is 1. The first-order valence-corrected chi connectivity index (χ1v) is 4.39. The van der Waals surface area contributed by atoms with Crippen LogP contribution >= 0.6 is 11.6 Å². The normalized spacial score (nSPS) is 8.27. The van der Waals surface area contributed by atoms with Crippen molar-refractivity contribution in [3.8, 4) is 0 Å². The van der Waals surface area contributed by atoms with Gasteiger partial charge in [-0.2, -0.15) is 0 Å². The molecule has 0 radical (unpaired) electrons. The molecule has 0 aromatic carbocycles. The van der Waals surface area contributed by atoms with Crippen LogP contribution in [0.3, 0.4) is 0 Å². The second-order valence-corrected chi connectivity index (χ2v) is 2.61. The summed E-state index contributed by atoms with van der Waals surface area (Å²) in [6, 6.07) is 0. The van der Waals surface area contributed by atoms with E-state index < -0.39 is 5.43 Å². The van der Waals surface area contributed by atoms with Gasteiger partial charge in [0.1, 0.15) is 5.43 Å². The summed E-state index contributed by atoms with van der Waals surface area (Å²) in [6.07, 6.45) is 7.01. The van der Waals surface area contributed by atoms with Crippen LogP contribution < -0.4 is 5.11 Å². The Morgan fingerprint density at radius 1 is 1.18 bits per heavy atom. The molecule has 0 aliphatic rings. The van der Waals surface area contributed by atoms with Gasteiger partial charge in [-0.05, 0) is 0 Å². The predicted molar refractivity (Wildman–Crippen MR) is 45.7 cm³/mol. The number of rotatable bonds is 4. The smallest absolute Gasteiger partial charge is 0.134 e. The fourth-order valence-electron chi connectivity index (χ4n) is 0.677. The highest BCUT2D eigenvalue weighted by Crippen LogP contribution is 2.00. The highest BCUT2D eigenvalue weighted by Gasteiger charge is 1.80. The Morgan fingerprint density at radius 2 is 1.45 bits per heavy atom. The van der Waals surface area contributed by atoms with Gasteiger partial charge < -0.3 is 9.90 Å². The van der Waals surface area contributed by atoms with Gasteiger partial charge in [0.15, 0.2) is 0 Å². The van der Waals surface area contributed by atoms with Gasteiger partial charge in [-0.15, -0.1) is 0 Å². The molecular weight excluding hydrogens is 164 g/mol. The van der Waals surface area contributed by atoms with Gasteiger partial charge >= 0.3 is 0 Å². The molecule has 3 heteroatoms. The molecule has 0 unspecified atom stereocenters. The zero-order valence-corrected chi connectivity index (χ0v) is 7.99. The first-order chi connectivity index (χ1) is 5.15. The SMILES string of the molecule is CCCCCCC.O=C([O-])Cl. The first kappa shape index (κ1) is 13.4. The third-order valence-corrected chi connectivity index (χ3v) is 1.21. The number of halogens is 1. The second-order valence-electron chi connectivity index (χ2n) is 2.30. The molecule has 0 saturated heterocycles. The van der Waals surface area contributed by atoms with Crippen LogP contribution in [-0.4, -0.2) is 5.43 Å². The first-order valence-electron chi connectivity index (χ1n) is 4.01. The van der Waals surface area contributed by atoms with Crippen LogP contribution in [0.15, 0.2) is 0 Å². The molecule has 0 aliphatic heterocycles. The summed E-state index contributed by atoms with van der Waals surface area (Å²) < 4.78 is 0. The van der Waals surface area contributed by atoms with Crippen molar-refractivity contribution in [3.63, 3.8) is 0 Å². The van der Waals surface area contributed by atoms with E-state index in [1.54, 1.807) is 0 Å². The molecule has 0 spiro atoms. The van der Waals surface area contributed by atoms with Crippen LogP contribution in [-0.2, 0) is 0 Å². The lowest BCUT2D eigenvalue weighted by molar-refractivity contribution is -0.233. The van der Waals surface area contributed by atoms with Crippen LogP contribution in [0.5, 0.6) is 0 Å². The van der Waals surface area contributed by atoms with E-state index in [1.807, 2.05) is 0 Å². The van der Waals surface area contributed by atoms with Crippen LogP contribution in [0.2, 0.25) is 0 Å². The minimum atomic E-state index is -1.61. The van der Waals surface area contributed by atoms with Crippen molar-refractivity contribution in [2.75, 3.05) is 0 Å². The van der Waals surface area contributed by atoms with E-state index in [1.165, 1.54) is 32.1 Å². The largest absolute Gasteiger partial charge is 0.534 e. The molecule has 0 heterocycles. The van der Waals surface area contributed by atoms with Crippen molar-refractivity contribution in [1.29, 1.82) is 0 Å². The van der Waals surface area contributed by atoms with Gasteiger partial charge in [-0.1, -0.05) is 57.6 Å². The standard InChI is InChI=1S/C7H16.CHClO2/c1-3-5-7-6-4-2;2-1(3)4/h3-7H2,1-2H3;(H,3,4)/p-1. The number of hydrogen-bond donors (Lipinski definition) is 0. The van der Waals surface area contributed by atoms with E-state index in [2.05, 4.69) is 25.4 Å². The minimum Gasteiger partial charge on any atom is -0.534 e. The lowest BCUT2D eigenvalue weighted by Gasteiger charge is -1.90. The summed E-state index contributed by atoms with van der Waals surface area (Å²) in [5.41, 5.74) is -1.61. The molecule has 68 valence electrons. The van der Waals surface area contributed by atoms with E-state index in [0.717, 1.165) is 0 Å². The predicted octanol–water partition coefficient (Wildman–Crippen LogP) is 2.55. The van der Waals surface area contributed by atoms with E-state index in [4.69, 9.17) is 9.90 Å². The molecule has 0 aromatic heterocycles. The molecule has 0 fully saturated rings. The maximum absolute atomic E-state index is 8.65. The number of carbonyl (C=O) groups excluding carboxylic acids is 1. The second kappa shape index (κ2) is 12.4. The van der Waals surface area contributed by atoms with Crippen molar-refractivity contribution >= 4 is 17.0 Å². The Balaban J connectivity index is 0. The summed E-state index contributed by atoms with van der Waals surface area (Å²) in [6.45, 7) is 4.49. The van der Waals surface area contributed by atoms with Gasteiger partial charge in [-0.25, -0.2) is 0 Å². The van der Waals surface area contributed by atoms with E-state index in [-0.39, 0.29) is 0 Å². The zero-order valence-electron chi connectivity index (χ0n) is 7.23. The maximum Gasteiger partial charge on any atom is 0.134 e. The lowest BCUT2D eigenvalue weighted by atomic mass is 10.2. The Morgan fingerprint density at radius 3 is 1.64 bits per heavy atom. The molecule has 0 N–H and O–H groups in total. The molecule has 0 amide bonds. The molecule has 0 rings (SSSR count).